The van der Waals surface area contributed by atoms with E-state index in [-0.39, 0.29) is 0 Å². The van der Waals surface area contributed by atoms with Crippen LogP contribution in [0, 0.1) is 0 Å². The van der Waals surface area contributed by atoms with E-state index in [4.69, 9.17) is 0 Å². The Balaban J connectivity index is 2.70. The van der Waals surface area contributed by atoms with Gasteiger partial charge in [-0.25, -0.2) is 0 Å². The van der Waals surface area contributed by atoms with Crippen molar-refractivity contribution in [2.45, 2.75) is 19.3 Å². The van der Waals surface area contributed by atoms with Gasteiger partial charge in [0, 0.05) is 13.1 Å². The molecule has 0 fully saturated rings. The number of hydrogen-bond acceptors (Lipinski definition) is 3. The van der Waals surface area contributed by atoms with Crippen LogP contribution >= 0.6 is 12.8 Å². The zero-order chi connectivity index (χ0) is 7.66. The number of amides is 1. The van der Waals surface area contributed by atoms with Crippen LogP contribution in [0.2, 0.25) is 0 Å². The van der Waals surface area contributed by atoms with Gasteiger partial charge in [0.1, 0.15) is 0 Å². The summed E-state index contributed by atoms with van der Waals surface area (Å²) in [6, 6.07) is 0. The van der Waals surface area contributed by atoms with Crippen molar-refractivity contribution in [1.82, 2.24) is 10.0 Å². The molecule has 0 aromatic heterocycles. The van der Waals surface area contributed by atoms with Gasteiger partial charge >= 0.3 is 0 Å². The van der Waals surface area contributed by atoms with Crippen molar-refractivity contribution in [3.8, 4) is 0 Å². The summed E-state index contributed by atoms with van der Waals surface area (Å²) in [6.07, 6.45) is 4.03. The molecule has 0 heterocycles. The van der Waals surface area contributed by atoms with E-state index in [1.165, 1.54) is 0 Å². The Kier molecular flexibility index (Phi) is 8.59. The Bertz CT molecular complexity index is 80.1. The zero-order valence-electron chi connectivity index (χ0n) is 5.97. The van der Waals surface area contributed by atoms with Gasteiger partial charge in [0.15, 0.2) is 0 Å². The van der Waals surface area contributed by atoms with Crippen LogP contribution in [0.3, 0.4) is 0 Å². The van der Waals surface area contributed by atoms with Gasteiger partial charge in [0.05, 0.1) is 0 Å². The van der Waals surface area contributed by atoms with Crippen LogP contribution in [-0.2, 0) is 4.79 Å². The van der Waals surface area contributed by atoms with E-state index in [9.17, 15) is 4.79 Å². The second kappa shape index (κ2) is 8.78. The van der Waals surface area contributed by atoms with Crippen LogP contribution in [0.25, 0.3) is 0 Å². The molecule has 0 saturated carbocycles. The van der Waals surface area contributed by atoms with E-state index in [1.54, 1.807) is 0 Å². The van der Waals surface area contributed by atoms with Gasteiger partial charge in [-0.15, -0.1) is 0 Å². The molecule has 0 radical (unpaired) electrons. The summed E-state index contributed by atoms with van der Waals surface area (Å²) in [6.45, 7) is 1.72. The lowest BCUT2D eigenvalue weighted by molar-refractivity contribution is -0.109. The first kappa shape index (κ1) is 9.78. The Morgan fingerprint density at radius 3 is 2.50 bits per heavy atom. The maximum atomic E-state index is 9.76. The molecule has 0 aliphatic carbocycles. The number of rotatable bonds is 7. The van der Waals surface area contributed by atoms with E-state index in [0.717, 1.165) is 38.8 Å². The second-order valence-electron chi connectivity index (χ2n) is 2.04. The van der Waals surface area contributed by atoms with Gasteiger partial charge in [0.25, 0.3) is 0 Å². The van der Waals surface area contributed by atoms with Crippen LogP contribution < -0.4 is 10.0 Å². The maximum absolute atomic E-state index is 9.76. The first-order chi connectivity index (χ1) is 4.91. The molecule has 10 heavy (non-hydrogen) atoms. The third-order valence-electron chi connectivity index (χ3n) is 1.19. The predicted octanol–water partition coefficient (Wildman–Crippen LogP) is 0.337. The van der Waals surface area contributed by atoms with Crippen LogP contribution in [0.1, 0.15) is 19.3 Å². The van der Waals surface area contributed by atoms with Crippen molar-refractivity contribution in [3.63, 3.8) is 0 Å². The van der Waals surface area contributed by atoms with E-state index < -0.39 is 0 Å². The van der Waals surface area contributed by atoms with E-state index >= 15 is 0 Å². The van der Waals surface area contributed by atoms with Crippen molar-refractivity contribution >= 4 is 19.2 Å². The molecule has 2 N–H and O–H groups in total. The molecule has 0 aromatic carbocycles. The minimum absolute atomic E-state index is 0.733. The summed E-state index contributed by atoms with van der Waals surface area (Å²) in [5.74, 6) is 0. The molecule has 0 rings (SSSR count). The lowest BCUT2D eigenvalue weighted by atomic mass is 10.2. The van der Waals surface area contributed by atoms with Crippen molar-refractivity contribution in [2.75, 3.05) is 13.1 Å². The minimum Gasteiger partial charge on any atom is -0.359 e. The molecule has 0 aliphatic heterocycles. The SMILES string of the molecule is O=CNCCCCCNS. The standard InChI is InChI=1S/C6H14N2OS/c9-6-7-4-2-1-3-5-8-10/h6,8,10H,1-5H2,(H,7,9). The molecule has 4 heteroatoms. The number of unbranched alkanes of at least 4 members (excludes halogenated alkanes) is 2. The fourth-order valence-electron chi connectivity index (χ4n) is 0.667. The number of carbonyl (C=O) groups excluding carboxylic acids is 1. The van der Waals surface area contributed by atoms with E-state index in [2.05, 4.69) is 22.9 Å². The molecule has 0 bridgehead atoms. The Morgan fingerprint density at radius 1 is 1.20 bits per heavy atom. The molecule has 1 amide bonds. The smallest absolute Gasteiger partial charge is 0.207 e. The van der Waals surface area contributed by atoms with Gasteiger partial charge in [-0.3, -0.25) is 9.52 Å². The average molecular weight is 162 g/mol. The Labute approximate surface area is 67.1 Å². The summed E-state index contributed by atoms with van der Waals surface area (Å²) in [5.41, 5.74) is 0. The first-order valence-corrected chi connectivity index (χ1v) is 3.90. The van der Waals surface area contributed by atoms with Crippen LogP contribution in [0.4, 0.5) is 0 Å². The third kappa shape index (κ3) is 7.78. The van der Waals surface area contributed by atoms with Crippen molar-refractivity contribution in [3.05, 3.63) is 0 Å². The molecule has 0 aromatic rings. The number of thiol groups is 1. The molecule has 60 valence electrons. The largest absolute Gasteiger partial charge is 0.359 e. The van der Waals surface area contributed by atoms with E-state index in [1.807, 2.05) is 0 Å². The van der Waals surface area contributed by atoms with Crippen molar-refractivity contribution in [1.29, 1.82) is 0 Å². The van der Waals surface area contributed by atoms with Gasteiger partial charge in [0.2, 0.25) is 6.41 Å². The molecule has 3 nitrogen and oxygen atoms in total. The molecule has 0 unspecified atom stereocenters. The molecular weight excluding hydrogens is 148 g/mol. The highest BCUT2D eigenvalue weighted by atomic mass is 32.1. The van der Waals surface area contributed by atoms with Crippen LogP contribution in [0.15, 0.2) is 0 Å². The van der Waals surface area contributed by atoms with Crippen LogP contribution in [-0.4, -0.2) is 19.5 Å². The quantitative estimate of drug-likeness (QED) is 0.287. The number of nitrogens with one attached hydrogen (secondary N) is 2. The molecular formula is C6H14N2OS. The van der Waals surface area contributed by atoms with Crippen molar-refractivity contribution in [2.24, 2.45) is 0 Å². The second-order valence-corrected chi connectivity index (χ2v) is 2.36. The summed E-state index contributed by atoms with van der Waals surface area (Å²) >= 11 is 3.84. The summed E-state index contributed by atoms with van der Waals surface area (Å²) < 4.78 is 2.76. The highest BCUT2D eigenvalue weighted by molar-refractivity contribution is 7.78. The van der Waals surface area contributed by atoms with Gasteiger partial charge in [-0.05, 0) is 12.8 Å². The van der Waals surface area contributed by atoms with Crippen molar-refractivity contribution < 1.29 is 4.79 Å². The predicted molar refractivity (Wildman–Crippen MR) is 44.9 cm³/mol. The molecule has 0 spiro atoms. The topological polar surface area (TPSA) is 41.1 Å². The molecule has 0 aliphatic rings. The minimum atomic E-state index is 0.733. The summed E-state index contributed by atoms with van der Waals surface area (Å²) in [7, 11) is 0. The lowest BCUT2D eigenvalue weighted by Gasteiger charge is -1.98. The first-order valence-electron chi connectivity index (χ1n) is 3.46. The maximum Gasteiger partial charge on any atom is 0.207 e. The molecule has 0 saturated heterocycles. The average Bonchev–Trinajstić information content (AvgIpc) is 1.97. The highest BCUT2D eigenvalue weighted by Crippen LogP contribution is 1.91. The fourth-order valence-corrected chi connectivity index (χ4v) is 0.825. The normalized spacial score (nSPS) is 9.30. The fraction of sp³-hybridized carbons (Fsp3) is 0.833. The number of carbonyl (C=O) groups is 1. The Hall–Kier alpha value is -0.220. The van der Waals surface area contributed by atoms with Crippen LogP contribution in [0.5, 0.6) is 0 Å². The van der Waals surface area contributed by atoms with Gasteiger partial charge in [-0.1, -0.05) is 19.2 Å². The summed E-state index contributed by atoms with van der Waals surface area (Å²) in [5, 5.41) is 2.61. The van der Waals surface area contributed by atoms with Gasteiger partial charge in [-0.2, -0.15) is 0 Å². The highest BCUT2D eigenvalue weighted by Gasteiger charge is 1.86. The Morgan fingerprint density at radius 2 is 1.90 bits per heavy atom. The lowest BCUT2D eigenvalue weighted by Crippen LogP contribution is -2.12. The van der Waals surface area contributed by atoms with E-state index in [0.29, 0.717) is 0 Å². The summed E-state index contributed by atoms with van der Waals surface area (Å²) in [4.78, 5) is 9.76. The zero-order valence-corrected chi connectivity index (χ0v) is 6.86. The third-order valence-corrected chi connectivity index (χ3v) is 1.42. The monoisotopic (exact) mass is 162 g/mol. The molecule has 0 atom stereocenters. The number of hydrogen-bond donors (Lipinski definition) is 3. The van der Waals surface area contributed by atoms with Gasteiger partial charge < -0.3 is 5.32 Å².